The lowest BCUT2D eigenvalue weighted by Gasteiger charge is -2.48. The molecule has 0 saturated heterocycles. The van der Waals surface area contributed by atoms with Crippen LogP contribution in [-0.2, 0) is 12.0 Å². The van der Waals surface area contributed by atoms with E-state index in [1.807, 2.05) is 30.1 Å². The Morgan fingerprint density at radius 1 is 1.07 bits per heavy atom. The lowest BCUT2D eigenvalue weighted by atomic mass is 9.75. The average molecular weight is 385 g/mol. The molecule has 5 rings (SSSR count). The van der Waals surface area contributed by atoms with E-state index in [9.17, 15) is 10.2 Å². The summed E-state index contributed by atoms with van der Waals surface area (Å²) in [5.74, 6) is 2.31. The van der Waals surface area contributed by atoms with Crippen LogP contribution in [0, 0.1) is 0 Å². The van der Waals surface area contributed by atoms with Crippen molar-refractivity contribution in [1.29, 1.82) is 0 Å². The molecule has 1 aliphatic carbocycles. The van der Waals surface area contributed by atoms with E-state index in [4.69, 9.17) is 18.9 Å². The van der Waals surface area contributed by atoms with E-state index < -0.39 is 17.7 Å². The first-order chi connectivity index (χ1) is 13.5. The Bertz CT molecular complexity index is 960. The predicted molar refractivity (Wildman–Crippen MR) is 100 cm³/mol. The summed E-state index contributed by atoms with van der Waals surface area (Å²) in [7, 11) is 5.11. The molecule has 7 heteroatoms. The van der Waals surface area contributed by atoms with Crippen molar-refractivity contribution in [1.82, 2.24) is 4.90 Å². The minimum atomic E-state index is -1.05. The zero-order chi connectivity index (χ0) is 19.6. The van der Waals surface area contributed by atoms with E-state index in [0.717, 1.165) is 17.5 Å². The van der Waals surface area contributed by atoms with Gasteiger partial charge in [0.25, 0.3) is 0 Å². The number of hydrogen-bond donors (Lipinski definition) is 2. The van der Waals surface area contributed by atoms with Crippen molar-refractivity contribution in [3.05, 3.63) is 46.5 Å². The number of fused-ring (bicyclic) bond motifs is 5. The number of rotatable bonds is 2. The Labute approximate surface area is 163 Å². The zero-order valence-corrected chi connectivity index (χ0v) is 16.1. The predicted octanol–water partition coefficient (Wildman–Crippen LogP) is 1.90. The number of benzene rings is 2. The highest BCUT2D eigenvalue weighted by Crippen LogP contribution is 2.62. The summed E-state index contributed by atoms with van der Waals surface area (Å²) in [6, 6.07) is 7.41. The van der Waals surface area contributed by atoms with Gasteiger partial charge in [-0.1, -0.05) is 6.07 Å². The van der Waals surface area contributed by atoms with Crippen LogP contribution < -0.4 is 18.9 Å². The molecule has 2 heterocycles. The molecule has 0 fully saturated rings. The molecule has 7 nitrogen and oxygen atoms in total. The number of nitrogens with zero attached hydrogens (tertiary/aromatic N) is 1. The van der Waals surface area contributed by atoms with Gasteiger partial charge in [0.1, 0.15) is 17.7 Å². The SMILES string of the molecule is COc1cc2c(cc1OC)[C@]1([C@@H](O)c3ccc4c(c3[C@@H]1O)OCO4)N(C)CC2. The van der Waals surface area contributed by atoms with Gasteiger partial charge in [-0.15, -0.1) is 0 Å². The third kappa shape index (κ3) is 1.98. The monoisotopic (exact) mass is 385 g/mol. The maximum absolute atomic E-state index is 11.6. The fourth-order valence-corrected chi connectivity index (χ4v) is 5.03. The molecule has 2 aromatic rings. The molecular weight excluding hydrogens is 362 g/mol. The van der Waals surface area contributed by atoms with Gasteiger partial charge in [0.05, 0.1) is 14.2 Å². The highest BCUT2D eigenvalue weighted by molar-refractivity contribution is 5.62. The van der Waals surface area contributed by atoms with Gasteiger partial charge in [-0.05, 0) is 48.4 Å². The van der Waals surface area contributed by atoms with Crippen molar-refractivity contribution < 1.29 is 29.2 Å². The Morgan fingerprint density at radius 2 is 1.82 bits per heavy atom. The smallest absolute Gasteiger partial charge is 0.231 e. The number of likely N-dealkylation sites (N-methyl/N-ethyl adjacent to an activating group) is 1. The van der Waals surface area contributed by atoms with Crippen LogP contribution in [0.3, 0.4) is 0 Å². The number of aliphatic hydroxyl groups excluding tert-OH is 2. The van der Waals surface area contributed by atoms with Gasteiger partial charge in [-0.25, -0.2) is 0 Å². The molecule has 2 aliphatic heterocycles. The minimum Gasteiger partial charge on any atom is -0.493 e. The molecule has 3 atom stereocenters. The quantitative estimate of drug-likeness (QED) is 0.817. The molecule has 0 unspecified atom stereocenters. The van der Waals surface area contributed by atoms with Crippen molar-refractivity contribution >= 4 is 0 Å². The Kier molecular flexibility index (Phi) is 3.78. The third-order valence-electron chi connectivity index (χ3n) is 6.40. The van der Waals surface area contributed by atoms with Crippen LogP contribution in [0.25, 0.3) is 0 Å². The fourth-order valence-electron chi connectivity index (χ4n) is 5.03. The summed E-state index contributed by atoms with van der Waals surface area (Å²) >= 11 is 0. The van der Waals surface area contributed by atoms with E-state index in [0.29, 0.717) is 40.7 Å². The first-order valence-electron chi connectivity index (χ1n) is 9.29. The van der Waals surface area contributed by atoms with Gasteiger partial charge >= 0.3 is 0 Å². The summed E-state index contributed by atoms with van der Waals surface area (Å²) in [6.07, 6.45) is -1.15. The van der Waals surface area contributed by atoms with E-state index in [1.54, 1.807) is 20.3 Å². The average Bonchev–Trinajstić information content (AvgIpc) is 3.27. The number of ether oxygens (including phenoxy) is 4. The second-order valence-corrected chi connectivity index (χ2v) is 7.47. The fraction of sp³-hybridized carbons (Fsp3) is 0.429. The van der Waals surface area contributed by atoms with E-state index in [-0.39, 0.29) is 6.79 Å². The summed E-state index contributed by atoms with van der Waals surface area (Å²) in [6.45, 7) is 0.795. The normalized spacial score (nSPS) is 27.6. The van der Waals surface area contributed by atoms with E-state index >= 15 is 0 Å². The van der Waals surface area contributed by atoms with Gasteiger partial charge < -0.3 is 29.2 Å². The Morgan fingerprint density at radius 3 is 2.57 bits per heavy atom. The lowest BCUT2D eigenvalue weighted by molar-refractivity contribution is -0.0951. The first kappa shape index (κ1) is 17.6. The molecule has 0 radical (unpaired) electrons. The molecule has 1 spiro atoms. The summed E-state index contributed by atoms with van der Waals surface area (Å²) in [4.78, 5) is 2.03. The Hall–Kier alpha value is -2.48. The van der Waals surface area contributed by atoms with Crippen molar-refractivity contribution in [3.8, 4) is 23.0 Å². The van der Waals surface area contributed by atoms with Crippen molar-refractivity contribution in [3.63, 3.8) is 0 Å². The number of methoxy groups -OCH3 is 2. The molecule has 0 aromatic heterocycles. The molecule has 28 heavy (non-hydrogen) atoms. The Balaban J connectivity index is 1.76. The summed E-state index contributed by atoms with van der Waals surface area (Å²) in [5.41, 5.74) is 2.07. The standard InChI is InChI=1S/C21H23NO6/c1-22-7-6-11-8-15(25-2)16(26-3)9-13(11)21(22)19(23)12-4-5-14-18(28-10-27-14)17(12)20(21)24/h4-5,8-9,19-20,23-24H,6-7,10H2,1-3H3/t19-,20-,21+/m0/s1. The van der Waals surface area contributed by atoms with Crippen molar-refractivity contribution in [2.75, 3.05) is 34.6 Å². The molecule has 0 bridgehead atoms. The zero-order valence-electron chi connectivity index (χ0n) is 16.1. The number of hydrogen-bond acceptors (Lipinski definition) is 7. The topological polar surface area (TPSA) is 80.6 Å². The van der Waals surface area contributed by atoms with Crippen LogP contribution in [-0.4, -0.2) is 49.7 Å². The molecule has 3 aliphatic rings. The second-order valence-electron chi connectivity index (χ2n) is 7.47. The first-order valence-corrected chi connectivity index (χ1v) is 9.29. The van der Waals surface area contributed by atoms with Crippen LogP contribution in [0.4, 0.5) is 0 Å². The molecule has 148 valence electrons. The van der Waals surface area contributed by atoms with Crippen molar-refractivity contribution in [2.24, 2.45) is 0 Å². The molecular formula is C21H23NO6. The van der Waals surface area contributed by atoms with Crippen LogP contribution >= 0.6 is 0 Å². The van der Waals surface area contributed by atoms with Gasteiger partial charge in [0.15, 0.2) is 23.0 Å². The van der Waals surface area contributed by atoms with E-state index in [1.165, 1.54) is 0 Å². The van der Waals surface area contributed by atoms with Gasteiger partial charge in [0.2, 0.25) is 6.79 Å². The molecule has 0 saturated carbocycles. The summed E-state index contributed by atoms with van der Waals surface area (Å²) in [5, 5.41) is 23.1. The highest BCUT2D eigenvalue weighted by atomic mass is 16.7. The highest BCUT2D eigenvalue weighted by Gasteiger charge is 2.60. The van der Waals surface area contributed by atoms with Gasteiger partial charge in [0, 0.05) is 12.1 Å². The molecule has 2 N–H and O–H groups in total. The second kappa shape index (κ2) is 6.01. The maximum atomic E-state index is 11.6. The van der Waals surface area contributed by atoms with Crippen LogP contribution in [0.5, 0.6) is 23.0 Å². The third-order valence-corrected chi connectivity index (χ3v) is 6.40. The van der Waals surface area contributed by atoms with E-state index in [2.05, 4.69) is 0 Å². The molecule has 0 amide bonds. The minimum absolute atomic E-state index is 0.110. The number of aliphatic hydroxyl groups is 2. The maximum Gasteiger partial charge on any atom is 0.231 e. The van der Waals surface area contributed by atoms with Crippen molar-refractivity contribution in [2.45, 2.75) is 24.2 Å². The van der Waals surface area contributed by atoms with Gasteiger partial charge in [-0.3, -0.25) is 4.90 Å². The molecule has 2 aromatic carbocycles. The van der Waals surface area contributed by atoms with Crippen LogP contribution in [0.2, 0.25) is 0 Å². The largest absolute Gasteiger partial charge is 0.493 e. The summed E-state index contributed by atoms with van der Waals surface area (Å²) < 4.78 is 22.1. The van der Waals surface area contributed by atoms with Crippen LogP contribution in [0.15, 0.2) is 24.3 Å². The lowest BCUT2D eigenvalue weighted by Crippen LogP contribution is -2.53. The van der Waals surface area contributed by atoms with Gasteiger partial charge in [-0.2, -0.15) is 0 Å². The van der Waals surface area contributed by atoms with Crippen LogP contribution in [0.1, 0.15) is 34.5 Å².